The molecule has 0 saturated carbocycles. The molecule has 2 aromatic rings. The second kappa shape index (κ2) is 7.40. The third-order valence-electron chi connectivity index (χ3n) is 2.26. The summed E-state index contributed by atoms with van der Waals surface area (Å²) in [5.41, 5.74) is 3.12. The first-order valence-electron chi connectivity index (χ1n) is 5.85. The van der Waals surface area contributed by atoms with Gasteiger partial charge in [0.1, 0.15) is 5.82 Å². The van der Waals surface area contributed by atoms with Gasteiger partial charge in [-0.2, -0.15) is 5.10 Å². The average Bonchev–Trinajstić information content (AvgIpc) is 2.48. The summed E-state index contributed by atoms with van der Waals surface area (Å²) in [6.45, 7) is 0. The van der Waals surface area contributed by atoms with Gasteiger partial charge in [-0.1, -0.05) is 30.0 Å². The number of carbonyl (C=O) groups excluding carboxylic acids is 1. The van der Waals surface area contributed by atoms with Gasteiger partial charge in [0.15, 0.2) is 0 Å². The molecule has 0 unspecified atom stereocenters. The number of benzene rings is 1. The fourth-order valence-electron chi connectivity index (χ4n) is 1.33. The largest absolute Gasteiger partial charge is 0.272 e. The van der Waals surface area contributed by atoms with Gasteiger partial charge in [0.05, 0.1) is 17.0 Å². The first-order chi connectivity index (χ1) is 9.74. The van der Waals surface area contributed by atoms with Crippen LogP contribution in [0, 0.1) is 5.82 Å². The highest BCUT2D eigenvalue weighted by Gasteiger charge is 2.01. The number of hydrazone groups is 1. The Morgan fingerprint density at radius 3 is 2.80 bits per heavy atom. The van der Waals surface area contributed by atoms with E-state index in [9.17, 15) is 9.18 Å². The van der Waals surface area contributed by atoms with Gasteiger partial charge < -0.3 is 0 Å². The van der Waals surface area contributed by atoms with Crippen LogP contribution >= 0.6 is 11.8 Å². The maximum atomic E-state index is 12.7. The quantitative estimate of drug-likeness (QED) is 0.522. The zero-order valence-electron chi connectivity index (χ0n) is 10.5. The van der Waals surface area contributed by atoms with Crippen LogP contribution in [0.15, 0.2) is 58.8 Å². The Balaban J connectivity index is 1.76. The monoisotopic (exact) mass is 289 g/mol. The minimum Gasteiger partial charge on any atom is -0.272 e. The number of hydrogen-bond acceptors (Lipinski definition) is 4. The van der Waals surface area contributed by atoms with Crippen molar-refractivity contribution in [3.05, 3.63) is 60.0 Å². The molecule has 1 aromatic carbocycles. The molecule has 1 N–H and O–H groups in total. The van der Waals surface area contributed by atoms with E-state index in [1.165, 1.54) is 30.1 Å². The number of nitrogens with zero attached hydrogens (tertiary/aromatic N) is 2. The Bertz CT molecular complexity index is 587. The highest BCUT2D eigenvalue weighted by Crippen LogP contribution is 2.12. The van der Waals surface area contributed by atoms with Crippen molar-refractivity contribution in [3.63, 3.8) is 0 Å². The van der Waals surface area contributed by atoms with Gasteiger partial charge >= 0.3 is 0 Å². The van der Waals surface area contributed by atoms with E-state index >= 15 is 0 Å². The van der Waals surface area contributed by atoms with Crippen molar-refractivity contribution >= 4 is 23.9 Å². The van der Waals surface area contributed by atoms with Crippen molar-refractivity contribution in [2.24, 2.45) is 5.10 Å². The minimum atomic E-state index is -0.307. The molecule has 102 valence electrons. The lowest BCUT2D eigenvalue weighted by molar-refractivity contribution is -0.118. The van der Waals surface area contributed by atoms with E-state index in [4.69, 9.17) is 0 Å². The maximum absolute atomic E-state index is 12.7. The first kappa shape index (κ1) is 14.2. The number of amides is 1. The molecule has 2 rings (SSSR count). The van der Waals surface area contributed by atoms with Crippen molar-refractivity contribution in [1.29, 1.82) is 0 Å². The smallest absolute Gasteiger partial charge is 0.250 e. The summed E-state index contributed by atoms with van der Waals surface area (Å²) in [5, 5.41) is 4.59. The van der Waals surface area contributed by atoms with Crippen LogP contribution in [0.5, 0.6) is 0 Å². The van der Waals surface area contributed by atoms with Crippen molar-refractivity contribution in [3.8, 4) is 0 Å². The van der Waals surface area contributed by atoms with E-state index in [0.29, 0.717) is 5.56 Å². The van der Waals surface area contributed by atoms with Crippen molar-refractivity contribution < 1.29 is 9.18 Å². The van der Waals surface area contributed by atoms with Crippen LogP contribution in [-0.4, -0.2) is 22.9 Å². The van der Waals surface area contributed by atoms with E-state index in [-0.39, 0.29) is 17.5 Å². The summed E-state index contributed by atoms with van der Waals surface area (Å²) in [6.07, 6.45) is 3.13. The first-order valence-corrected chi connectivity index (χ1v) is 6.84. The van der Waals surface area contributed by atoms with E-state index < -0.39 is 0 Å². The predicted octanol–water partition coefficient (Wildman–Crippen LogP) is 2.46. The van der Waals surface area contributed by atoms with Crippen LogP contribution in [0.3, 0.4) is 0 Å². The van der Waals surface area contributed by atoms with Gasteiger partial charge in [-0.15, -0.1) is 0 Å². The van der Waals surface area contributed by atoms with Crippen LogP contribution < -0.4 is 5.43 Å². The number of rotatable bonds is 5. The normalized spacial score (nSPS) is 10.7. The van der Waals surface area contributed by atoms with Crippen LogP contribution in [-0.2, 0) is 4.79 Å². The SMILES string of the molecule is O=C(CSc1ccccn1)NN=Cc1ccc(F)cc1. The summed E-state index contributed by atoms with van der Waals surface area (Å²) in [5.74, 6) is -0.297. The molecule has 0 radical (unpaired) electrons. The molecule has 1 aromatic heterocycles. The lowest BCUT2D eigenvalue weighted by Crippen LogP contribution is -2.19. The molecular weight excluding hydrogens is 277 g/mol. The third-order valence-corrected chi connectivity index (χ3v) is 3.21. The molecule has 4 nitrogen and oxygen atoms in total. The fraction of sp³-hybridized carbons (Fsp3) is 0.0714. The van der Waals surface area contributed by atoms with E-state index in [2.05, 4.69) is 15.5 Å². The molecule has 20 heavy (non-hydrogen) atoms. The fourth-order valence-corrected chi connectivity index (χ4v) is 1.99. The Morgan fingerprint density at radius 1 is 1.30 bits per heavy atom. The lowest BCUT2D eigenvalue weighted by Gasteiger charge is -1.99. The number of carbonyl (C=O) groups is 1. The van der Waals surface area contributed by atoms with Gasteiger partial charge in [-0.3, -0.25) is 4.79 Å². The maximum Gasteiger partial charge on any atom is 0.250 e. The summed E-state index contributed by atoms with van der Waals surface area (Å²) in [4.78, 5) is 15.6. The molecule has 0 bridgehead atoms. The summed E-state index contributed by atoms with van der Waals surface area (Å²) in [7, 11) is 0. The second-order valence-electron chi connectivity index (χ2n) is 3.80. The van der Waals surface area contributed by atoms with Crippen molar-refractivity contribution in [2.45, 2.75) is 5.03 Å². The van der Waals surface area contributed by atoms with E-state index in [1.807, 2.05) is 18.2 Å². The van der Waals surface area contributed by atoms with Gasteiger partial charge in [0, 0.05) is 6.20 Å². The molecule has 0 aliphatic rings. The molecule has 1 heterocycles. The Labute approximate surface area is 120 Å². The Kier molecular flexibility index (Phi) is 5.25. The predicted molar refractivity (Wildman–Crippen MR) is 77.1 cm³/mol. The highest BCUT2D eigenvalue weighted by molar-refractivity contribution is 7.99. The van der Waals surface area contributed by atoms with Gasteiger partial charge in [0.25, 0.3) is 0 Å². The molecular formula is C14H12FN3OS. The number of hydrogen-bond donors (Lipinski definition) is 1. The number of thioether (sulfide) groups is 1. The second-order valence-corrected chi connectivity index (χ2v) is 4.80. The Morgan fingerprint density at radius 2 is 2.10 bits per heavy atom. The van der Waals surface area contributed by atoms with E-state index in [1.54, 1.807) is 18.3 Å². The molecule has 0 fully saturated rings. The summed E-state index contributed by atoms with van der Waals surface area (Å²) < 4.78 is 12.7. The molecule has 0 spiro atoms. The topological polar surface area (TPSA) is 54.4 Å². The van der Waals surface area contributed by atoms with Gasteiger partial charge in [-0.25, -0.2) is 14.8 Å². The van der Waals surface area contributed by atoms with Crippen LogP contribution in [0.4, 0.5) is 4.39 Å². The van der Waals surface area contributed by atoms with Crippen LogP contribution in [0.25, 0.3) is 0 Å². The van der Waals surface area contributed by atoms with Crippen molar-refractivity contribution in [2.75, 3.05) is 5.75 Å². The highest BCUT2D eigenvalue weighted by atomic mass is 32.2. The third kappa shape index (κ3) is 4.81. The number of aromatic nitrogens is 1. The minimum absolute atomic E-state index is 0.223. The van der Waals surface area contributed by atoms with Crippen molar-refractivity contribution in [1.82, 2.24) is 10.4 Å². The molecule has 0 aliphatic heterocycles. The van der Waals surface area contributed by atoms with Crippen LogP contribution in [0.1, 0.15) is 5.56 Å². The zero-order chi connectivity index (χ0) is 14.2. The van der Waals surface area contributed by atoms with Gasteiger partial charge in [0.2, 0.25) is 5.91 Å². The molecule has 0 saturated heterocycles. The average molecular weight is 289 g/mol. The number of halogens is 1. The number of nitrogens with one attached hydrogen (secondary N) is 1. The molecule has 0 atom stereocenters. The summed E-state index contributed by atoms with van der Waals surface area (Å²) in [6, 6.07) is 11.3. The molecule has 1 amide bonds. The van der Waals surface area contributed by atoms with E-state index in [0.717, 1.165) is 5.03 Å². The molecule has 0 aliphatic carbocycles. The molecule has 6 heteroatoms. The van der Waals surface area contributed by atoms with Crippen LogP contribution in [0.2, 0.25) is 0 Å². The summed E-state index contributed by atoms with van der Waals surface area (Å²) >= 11 is 1.33. The Hall–Kier alpha value is -2.21. The van der Waals surface area contributed by atoms with Gasteiger partial charge in [-0.05, 0) is 29.8 Å². The lowest BCUT2D eigenvalue weighted by atomic mass is 10.2. The number of pyridine rings is 1. The standard InChI is InChI=1S/C14H12FN3OS/c15-12-6-4-11(5-7-12)9-17-18-13(19)10-20-14-3-1-2-8-16-14/h1-9H,10H2,(H,18,19). The zero-order valence-corrected chi connectivity index (χ0v) is 11.3.